The normalized spacial score (nSPS) is 15.6. The summed E-state index contributed by atoms with van der Waals surface area (Å²) in [7, 11) is 0. The molecule has 0 fully saturated rings. The van der Waals surface area contributed by atoms with Crippen LogP contribution >= 0.6 is 23.5 Å². The van der Waals surface area contributed by atoms with Gasteiger partial charge in [0.1, 0.15) is 0 Å². The minimum atomic E-state index is 0.946. The molecule has 1 heterocycles. The Morgan fingerprint density at radius 1 is 1.43 bits per heavy atom. The van der Waals surface area contributed by atoms with Crippen LogP contribution < -0.4 is 0 Å². The predicted octanol–water partition coefficient (Wildman–Crippen LogP) is 3.29. The fourth-order valence-electron chi connectivity index (χ4n) is 1.42. The van der Waals surface area contributed by atoms with Gasteiger partial charge in [0.25, 0.3) is 0 Å². The maximum Gasteiger partial charge on any atom is 0.0988 e. The summed E-state index contributed by atoms with van der Waals surface area (Å²) >= 11 is 3.76. The van der Waals surface area contributed by atoms with Crippen molar-refractivity contribution in [2.45, 2.75) is 11.8 Å². The van der Waals surface area contributed by atoms with Crippen molar-refractivity contribution in [3.63, 3.8) is 0 Å². The van der Waals surface area contributed by atoms with E-state index >= 15 is 0 Å². The highest BCUT2D eigenvalue weighted by Gasteiger charge is 2.11. The lowest BCUT2D eigenvalue weighted by Crippen LogP contribution is -1.97. The van der Waals surface area contributed by atoms with E-state index in [1.807, 2.05) is 23.5 Å². The minimum absolute atomic E-state index is 0.946. The van der Waals surface area contributed by atoms with E-state index in [0.717, 1.165) is 18.1 Å². The van der Waals surface area contributed by atoms with Gasteiger partial charge in [-0.3, -0.25) is 4.99 Å². The van der Waals surface area contributed by atoms with Crippen molar-refractivity contribution >= 4 is 28.6 Å². The molecule has 3 heteroatoms. The van der Waals surface area contributed by atoms with Crippen molar-refractivity contribution in [1.29, 1.82) is 0 Å². The zero-order valence-electron chi connectivity index (χ0n) is 8.19. The molecule has 1 aromatic rings. The molecule has 2 rings (SSSR count). The van der Waals surface area contributed by atoms with E-state index in [9.17, 15) is 0 Å². The van der Waals surface area contributed by atoms with Crippen LogP contribution in [-0.2, 0) is 0 Å². The van der Waals surface area contributed by atoms with Gasteiger partial charge in [-0.2, -0.15) is 0 Å². The molecule has 0 N–H and O–H groups in total. The molecule has 14 heavy (non-hydrogen) atoms. The average molecular weight is 223 g/mol. The summed E-state index contributed by atoms with van der Waals surface area (Å²) < 4.78 is 0. The van der Waals surface area contributed by atoms with Crippen LogP contribution in [0.15, 0.2) is 34.2 Å². The summed E-state index contributed by atoms with van der Waals surface area (Å²) in [5.74, 6) is 2.20. The molecule has 0 spiro atoms. The van der Waals surface area contributed by atoms with Crippen molar-refractivity contribution in [1.82, 2.24) is 0 Å². The molecule has 0 bridgehead atoms. The van der Waals surface area contributed by atoms with Gasteiger partial charge in [-0.25, -0.2) is 0 Å². The minimum Gasteiger partial charge on any atom is -0.277 e. The second-order valence-electron chi connectivity index (χ2n) is 2.96. The number of hydrogen-bond donors (Lipinski definition) is 0. The van der Waals surface area contributed by atoms with Gasteiger partial charge in [0.2, 0.25) is 0 Å². The van der Waals surface area contributed by atoms with Crippen LogP contribution in [-0.4, -0.2) is 23.1 Å². The van der Waals surface area contributed by atoms with E-state index in [0.29, 0.717) is 0 Å². The second kappa shape index (κ2) is 4.89. The monoisotopic (exact) mass is 223 g/mol. The summed E-state index contributed by atoms with van der Waals surface area (Å²) in [5.41, 5.74) is 1.32. The third kappa shape index (κ3) is 2.15. The Morgan fingerprint density at radius 2 is 2.29 bits per heavy atom. The predicted molar refractivity (Wildman–Crippen MR) is 66.7 cm³/mol. The van der Waals surface area contributed by atoms with Crippen molar-refractivity contribution in [3.05, 3.63) is 29.8 Å². The van der Waals surface area contributed by atoms with Crippen LogP contribution in [0, 0.1) is 0 Å². The maximum absolute atomic E-state index is 4.61. The molecule has 1 aromatic carbocycles. The number of benzene rings is 1. The Hall–Kier alpha value is -0.410. The van der Waals surface area contributed by atoms with Crippen LogP contribution in [0.25, 0.3) is 0 Å². The summed E-state index contributed by atoms with van der Waals surface area (Å²) in [5, 5.41) is 1.22. The van der Waals surface area contributed by atoms with Gasteiger partial charge in [0, 0.05) is 22.8 Å². The largest absolute Gasteiger partial charge is 0.277 e. The van der Waals surface area contributed by atoms with Crippen LogP contribution in [0.1, 0.15) is 12.5 Å². The van der Waals surface area contributed by atoms with Crippen molar-refractivity contribution in [2.75, 3.05) is 18.1 Å². The topological polar surface area (TPSA) is 12.4 Å². The number of rotatable bonds is 1. The quantitative estimate of drug-likeness (QED) is 0.724. The summed E-state index contributed by atoms with van der Waals surface area (Å²) in [4.78, 5) is 5.99. The maximum atomic E-state index is 4.61. The summed E-state index contributed by atoms with van der Waals surface area (Å²) in [6.45, 7) is 3.12. The van der Waals surface area contributed by atoms with Gasteiger partial charge >= 0.3 is 0 Å². The molecule has 0 atom stereocenters. The fourth-order valence-corrected chi connectivity index (χ4v) is 3.17. The first-order chi connectivity index (χ1) is 6.92. The average Bonchev–Trinajstić information content (AvgIpc) is 2.42. The summed E-state index contributed by atoms with van der Waals surface area (Å²) in [6.07, 6.45) is 0. The molecule has 0 aromatic heterocycles. The smallest absolute Gasteiger partial charge is 0.0988 e. The highest BCUT2D eigenvalue weighted by atomic mass is 32.2. The summed E-state index contributed by atoms with van der Waals surface area (Å²) in [6, 6.07) is 8.56. The molecule has 0 saturated carbocycles. The van der Waals surface area contributed by atoms with Crippen LogP contribution in [0.2, 0.25) is 0 Å². The third-order valence-corrected chi connectivity index (χ3v) is 3.97. The number of thioether (sulfide) groups is 2. The zero-order chi connectivity index (χ0) is 9.80. The Bertz CT molecular complexity index is 347. The Morgan fingerprint density at radius 3 is 3.14 bits per heavy atom. The Balaban J connectivity index is 2.37. The van der Waals surface area contributed by atoms with Crippen molar-refractivity contribution in [3.8, 4) is 0 Å². The molecule has 0 unspecified atom stereocenters. The van der Waals surface area contributed by atoms with Gasteiger partial charge < -0.3 is 0 Å². The van der Waals surface area contributed by atoms with Gasteiger partial charge in [0.05, 0.1) is 5.04 Å². The van der Waals surface area contributed by atoms with E-state index in [-0.39, 0.29) is 0 Å². The van der Waals surface area contributed by atoms with E-state index < -0.39 is 0 Å². The first-order valence-electron chi connectivity index (χ1n) is 4.81. The van der Waals surface area contributed by atoms with Crippen molar-refractivity contribution < 1.29 is 0 Å². The van der Waals surface area contributed by atoms with Gasteiger partial charge in [-0.1, -0.05) is 25.1 Å². The molecule has 0 saturated heterocycles. The van der Waals surface area contributed by atoms with Crippen LogP contribution in [0.3, 0.4) is 0 Å². The molecule has 1 aliphatic rings. The molecular weight excluding hydrogens is 210 g/mol. The first kappa shape index (κ1) is 10.1. The molecule has 0 amide bonds. The van der Waals surface area contributed by atoms with Crippen LogP contribution in [0.4, 0.5) is 0 Å². The lowest BCUT2D eigenvalue weighted by atomic mass is 10.2. The van der Waals surface area contributed by atoms with E-state index in [1.165, 1.54) is 15.5 Å². The van der Waals surface area contributed by atoms with E-state index in [4.69, 9.17) is 0 Å². The molecule has 0 aliphatic carbocycles. The molecule has 0 radical (unpaired) electrons. The van der Waals surface area contributed by atoms with Crippen LogP contribution in [0.5, 0.6) is 0 Å². The SMILES string of the molecule is CCSC1=NCCSc2ccccc21. The zero-order valence-corrected chi connectivity index (χ0v) is 9.83. The first-order valence-corrected chi connectivity index (χ1v) is 6.78. The lowest BCUT2D eigenvalue weighted by Gasteiger charge is -2.06. The second-order valence-corrected chi connectivity index (χ2v) is 5.35. The van der Waals surface area contributed by atoms with Crippen molar-refractivity contribution in [2.24, 2.45) is 4.99 Å². The fraction of sp³-hybridized carbons (Fsp3) is 0.364. The Kier molecular flexibility index (Phi) is 3.54. The molecule has 1 aliphatic heterocycles. The van der Waals surface area contributed by atoms with Gasteiger partial charge in [-0.05, 0) is 11.8 Å². The number of hydrogen-bond acceptors (Lipinski definition) is 3. The third-order valence-electron chi connectivity index (χ3n) is 2.00. The number of nitrogens with zero attached hydrogens (tertiary/aromatic N) is 1. The van der Waals surface area contributed by atoms with Gasteiger partial charge in [0.15, 0.2) is 0 Å². The highest BCUT2D eigenvalue weighted by molar-refractivity contribution is 8.14. The standard InChI is InChI=1S/C11H13NS2/c1-2-13-11-9-5-3-4-6-10(9)14-8-7-12-11/h3-6H,2,7-8H2,1H3. The van der Waals surface area contributed by atoms with E-state index in [1.54, 1.807) is 0 Å². The molecule has 1 nitrogen and oxygen atoms in total. The Labute approximate surface area is 93.4 Å². The highest BCUT2D eigenvalue weighted by Crippen LogP contribution is 2.28. The molecular formula is C11H13NS2. The molecule has 74 valence electrons. The van der Waals surface area contributed by atoms with E-state index in [2.05, 4.69) is 36.2 Å². The number of fused-ring (bicyclic) bond motifs is 1. The lowest BCUT2D eigenvalue weighted by molar-refractivity contribution is 1.16. The number of aliphatic imine (C=N–C) groups is 1. The van der Waals surface area contributed by atoms with Gasteiger partial charge in [-0.15, -0.1) is 23.5 Å².